The van der Waals surface area contributed by atoms with Gasteiger partial charge in [0.15, 0.2) is 0 Å². The van der Waals surface area contributed by atoms with Gasteiger partial charge in [-0.25, -0.2) is 0 Å². The summed E-state index contributed by atoms with van der Waals surface area (Å²) < 4.78 is 2.57. The minimum atomic E-state index is -0.439. The SMILES string of the molecule is CC1(C)c2ccccc2-c2ccc(N(c3ccc4c(ccc5ccccc54)c3)c3ccc4sc5cc(-c6cccc(C7(c8ccccc8)c8ccccc8-c8ccccc87)c6)ccc5c4c3)cc21. The van der Waals surface area contributed by atoms with E-state index in [0.29, 0.717) is 0 Å². The van der Waals surface area contributed by atoms with Crippen LogP contribution in [-0.4, -0.2) is 0 Å². The molecule has 0 amide bonds. The Morgan fingerprint density at radius 1 is 0.324 bits per heavy atom. The highest BCUT2D eigenvalue weighted by molar-refractivity contribution is 7.25. The molecule has 0 unspecified atom stereocenters. The van der Waals surface area contributed by atoms with Crippen molar-refractivity contribution in [2.75, 3.05) is 4.90 Å². The summed E-state index contributed by atoms with van der Waals surface area (Å²) in [6.45, 7) is 4.74. The highest BCUT2D eigenvalue weighted by atomic mass is 32.1. The predicted octanol–water partition coefficient (Wildman–Crippen LogP) is 18.2. The fourth-order valence-electron chi connectivity index (χ4n) is 12.1. The number of fused-ring (bicyclic) bond motifs is 12. The number of thiophene rings is 1. The maximum Gasteiger partial charge on any atom is 0.0713 e. The fourth-order valence-corrected chi connectivity index (χ4v) is 13.3. The van der Waals surface area contributed by atoms with Crippen LogP contribution in [0.4, 0.5) is 17.1 Å². The summed E-state index contributed by atoms with van der Waals surface area (Å²) in [5.74, 6) is 0. The summed E-state index contributed by atoms with van der Waals surface area (Å²) in [4.78, 5) is 2.47. The van der Waals surface area contributed by atoms with Gasteiger partial charge in [-0.15, -0.1) is 11.3 Å². The second-order valence-corrected chi connectivity index (χ2v) is 20.3. The molecule has 1 heterocycles. The summed E-state index contributed by atoms with van der Waals surface area (Å²) in [5, 5.41) is 7.60. The van der Waals surface area contributed by atoms with Gasteiger partial charge in [-0.05, 0) is 143 Å². The summed E-state index contributed by atoms with van der Waals surface area (Å²) in [5.41, 5.74) is 18.6. The Kier molecular flexibility index (Phi) is 8.48. The van der Waals surface area contributed by atoms with E-state index in [1.54, 1.807) is 0 Å². The zero-order valence-corrected chi connectivity index (χ0v) is 38.7. The molecule has 0 atom stereocenters. The molecule has 0 N–H and O–H groups in total. The van der Waals surface area contributed by atoms with Crippen molar-refractivity contribution in [3.63, 3.8) is 0 Å². The molecule has 1 nitrogen and oxygen atoms in total. The molecule has 320 valence electrons. The Balaban J connectivity index is 0.903. The van der Waals surface area contributed by atoms with Crippen LogP contribution in [0.3, 0.4) is 0 Å². The van der Waals surface area contributed by atoms with Crippen LogP contribution in [0, 0.1) is 0 Å². The van der Waals surface area contributed by atoms with E-state index >= 15 is 0 Å². The average Bonchev–Trinajstić information content (AvgIpc) is 3.99. The number of hydrogen-bond acceptors (Lipinski definition) is 2. The van der Waals surface area contributed by atoms with Crippen LogP contribution >= 0.6 is 11.3 Å². The molecule has 14 rings (SSSR count). The number of anilines is 3. The lowest BCUT2D eigenvalue weighted by molar-refractivity contribution is 0.660. The van der Waals surface area contributed by atoms with Gasteiger partial charge in [-0.2, -0.15) is 0 Å². The summed E-state index contributed by atoms with van der Waals surface area (Å²) >= 11 is 1.88. The van der Waals surface area contributed by atoms with Crippen molar-refractivity contribution in [3.05, 3.63) is 270 Å². The zero-order chi connectivity index (χ0) is 45.1. The lowest BCUT2D eigenvalue weighted by atomic mass is 9.67. The molecule has 0 fully saturated rings. The van der Waals surface area contributed by atoms with Gasteiger partial charge >= 0.3 is 0 Å². The number of nitrogens with zero attached hydrogens (tertiary/aromatic N) is 1. The van der Waals surface area contributed by atoms with Crippen molar-refractivity contribution in [2.24, 2.45) is 0 Å². The van der Waals surface area contributed by atoms with Crippen molar-refractivity contribution in [1.29, 1.82) is 0 Å². The summed E-state index contributed by atoms with van der Waals surface area (Å²) in [7, 11) is 0. The van der Waals surface area contributed by atoms with Gasteiger partial charge in [0.1, 0.15) is 0 Å². The Morgan fingerprint density at radius 3 is 1.71 bits per heavy atom. The van der Waals surface area contributed by atoms with Gasteiger partial charge in [0.2, 0.25) is 0 Å². The van der Waals surface area contributed by atoms with Crippen LogP contribution in [0.5, 0.6) is 0 Å². The zero-order valence-electron chi connectivity index (χ0n) is 37.9. The topological polar surface area (TPSA) is 3.24 Å². The van der Waals surface area contributed by atoms with E-state index in [1.165, 1.54) is 108 Å². The van der Waals surface area contributed by atoms with E-state index in [9.17, 15) is 0 Å². The van der Waals surface area contributed by atoms with Crippen molar-refractivity contribution in [2.45, 2.75) is 24.7 Å². The summed E-state index contributed by atoms with van der Waals surface area (Å²) in [6, 6.07) is 88.8. The largest absolute Gasteiger partial charge is 0.310 e. The van der Waals surface area contributed by atoms with Crippen LogP contribution in [0.1, 0.15) is 47.2 Å². The first kappa shape index (κ1) is 39.2. The maximum absolute atomic E-state index is 2.47. The van der Waals surface area contributed by atoms with E-state index in [-0.39, 0.29) is 5.41 Å². The molecule has 2 aliphatic carbocycles. The predicted molar refractivity (Wildman–Crippen MR) is 289 cm³/mol. The second-order valence-electron chi connectivity index (χ2n) is 19.2. The highest BCUT2D eigenvalue weighted by Crippen LogP contribution is 2.57. The van der Waals surface area contributed by atoms with Crippen LogP contribution in [-0.2, 0) is 10.8 Å². The average molecular weight is 884 g/mol. The third-order valence-electron chi connectivity index (χ3n) is 15.3. The van der Waals surface area contributed by atoms with E-state index in [0.717, 1.165) is 17.1 Å². The van der Waals surface area contributed by atoms with Crippen LogP contribution in [0.2, 0.25) is 0 Å². The fraction of sp³-hybridized carbons (Fsp3) is 0.0606. The van der Waals surface area contributed by atoms with Crippen molar-refractivity contribution in [3.8, 4) is 33.4 Å². The highest BCUT2D eigenvalue weighted by Gasteiger charge is 2.46. The van der Waals surface area contributed by atoms with Crippen molar-refractivity contribution < 1.29 is 0 Å². The third-order valence-corrected chi connectivity index (χ3v) is 16.4. The Morgan fingerprint density at radius 2 is 0.897 bits per heavy atom. The molecule has 1 aromatic heterocycles. The van der Waals surface area contributed by atoms with Crippen molar-refractivity contribution in [1.82, 2.24) is 0 Å². The molecule has 2 heteroatoms. The third kappa shape index (κ3) is 5.62. The van der Waals surface area contributed by atoms with Gasteiger partial charge in [0.05, 0.1) is 5.41 Å². The van der Waals surface area contributed by atoms with Gasteiger partial charge in [-0.1, -0.05) is 196 Å². The van der Waals surface area contributed by atoms with Crippen LogP contribution < -0.4 is 4.90 Å². The molecular weight excluding hydrogens is 839 g/mol. The molecule has 0 bridgehead atoms. The molecular formula is C66H45NS. The quantitative estimate of drug-likeness (QED) is 0.150. The minimum Gasteiger partial charge on any atom is -0.310 e. The normalized spacial score (nSPS) is 14.0. The Bertz CT molecular complexity index is 3980. The number of hydrogen-bond donors (Lipinski definition) is 0. The molecule has 0 radical (unpaired) electrons. The minimum absolute atomic E-state index is 0.116. The first-order chi connectivity index (χ1) is 33.4. The van der Waals surface area contributed by atoms with Gasteiger partial charge in [0.25, 0.3) is 0 Å². The van der Waals surface area contributed by atoms with E-state index in [1.807, 2.05) is 11.3 Å². The first-order valence-electron chi connectivity index (χ1n) is 23.7. The molecule has 11 aromatic carbocycles. The Labute approximate surface area is 400 Å². The number of benzene rings is 11. The van der Waals surface area contributed by atoms with Crippen LogP contribution in [0.15, 0.2) is 237 Å². The van der Waals surface area contributed by atoms with Crippen molar-refractivity contribution >= 4 is 70.1 Å². The van der Waals surface area contributed by atoms with Crippen LogP contribution in [0.25, 0.3) is 75.1 Å². The molecule has 0 saturated carbocycles. The lowest BCUT2D eigenvalue weighted by Crippen LogP contribution is -2.28. The molecule has 0 spiro atoms. The van der Waals surface area contributed by atoms with E-state index < -0.39 is 5.41 Å². The standard InChI is InChI=1S/C66H45NS/c1-65(2)59-24-11-8-21-53(59)56-35-31-50(41-62(56)65)67(48-30-34-52-45(38-48)28-27-42-15-6-7-20-51(42)52)49-32-36-63-58(40-49)57-33-29-44(39-64(57)68-63)43-16-14-19-47(37-43)66(46-17-4-3-5-18-46)60-25-12-9-22-54(60)55-23-10-13-26-61(55)66/h3-41H,1-2H3. The lowest BCUT2D eigenvalue weighted by Gasteiger charge is -2.34. The van der Waals surface area contributed by atoms with Gasteiger partial charge < -0.3 is 4.90 Å². The monoisotopic (exact) mass is 883 g/mol. The molecule has 12 aromatic rings. The van der Waals surface area contributed by atoms with Gasteiger partial charge in [0, 0.05) is 42.6 Å². The molecule has 68 heavy (non-hydrogen) atoms. The van der Waals surface area contributed by atoms with E-state index in [2.05, 4.69) is 255 Å². The van der Waals surface area contributed by atoms with E-state index in [4.69, 9.17) is 0 Å². The maximum atomic E-state index is 2.47. The molecule has 0 saturated heterocycles. The summed E-state index contributed by atoms with van der Waals surface area (Å²) in [6.07, 6.45) is 0. The Hall–Kier alpha value is -8.04. The first-order valence-corrected chi connectivity index (χ1v) is 24.5. The van der Waals surface area contributed by atoms with Gasteiger partial charge in [-0.3, -0.25) is 0 Å². The smallest absolute Gasteiger partial charge is 0.0713 e. The molecule has 2 aliphatic rings. The second kappa shape index (κ2) is 14.7. The molecule has 0 aliphatic heterocycles. The number of rotatable bonds is 6.